The molecule has 0 saturated carbocycles. The van der Waals surface area contributed by atoms with Crippen molar-refractivity contribution >= 4 is 11.8 Å². The van der Waals surface area contributed by atoms with Gasteiger partial charge in [-0.3, -0.25) is 0 Å². The Labute approximate surface area is 281 Å². The standard InChI is InChI=1S/C43H48N2O2/c1-9-27(2)21-35-37(39-45-32(26-47-39)24-30-18-14-11-15-19-30)43(8)36-33(38-44-31(25-46-38)23-29-16-12-10-13-17-29)20-28(3)22-34(36)41(4,5)40(43)42(35,6)7/h9-22,31-32,40H,1,23-26H2,2-8H3/b27-21-/t31-,32-,40-,43+/m0/s1. The Balaban J connectivity index is 1.40. The van der Waals surface area contributed by atoms with Crippen LogP contribution in [-0.2, 0) is 33.1 Å². The van der Waals surface area contributed by atoms with Crippen LogP contribution in [0.25, 0.3) is 0 Å². The minimum atomic E-state index is -0.386. The molecular formula is C43H48N2O2. The monoisotopic (exact) mass is 624 g/mol. The van der Waals surface area contributed by atoms with Crippen LogP contribution in [0.1, 0.15) is 74.9 Å². The van der Waals surface area contributed by atoms with Crippen molar-refractivity contribution in [2.24, 2.45) is 21.3 Å². The number of allylic oxidation sites excluding steroid dienone is 4. The highest BCUT2D eigenvalue weighted by molar-refractivity contribution is 6.04. The number of rotatable bonds is 8. The van der Waals surface area contributed by atoms with Gasteiger partial charge < -0.3 is 9.47 Å². The minimum absolute atomic E-state index is 0.0732. The molecule has 2 aliphatic carbocycles. The van der Waals surface area contributed by atoms with Crippen LogP contribution in [0.3, 0.4) is 0 Å². The number of ether oxygens (including phenoxy) is 2. The fourth-order valence-electron chi connectivity index (χ4n) is 9.67. The Morgan fingerprint density at radius 2 is 1.36 bits per heavy atom. The van der Waals surface area contributed by atoms with Crippen molar-refractivity contribution in [3.63, 3.8) is 0 Å². The zero-order valence-electron chi connectivity index (χ0n) is 29.1. The van der Waals surface area contributed by atoms with E-state index in [-0.39, 0.29) is 34.2 Å². The van der Waals surface area contributed by atoms with Gasteiger partial charge in [0.2, 0.25) is 11.8 Å². The fourth-order valence-corrected chi connectivity index (χ4v) is 9.67. The van der Waals surface area contributed by atoms with Crippen LogP contribution in [0, 0.1) is 18.3 Å². The van der Waals surface area contributed by atoms with Crippen LogP contribution in [-0.4, -0.2) is 37.1 Å². The molecule has 4 nitrogen and oxygen atoms in total. The highest BCUT2D eigenvalue weighted by Crippen LogP contribution is 2.70. The lowest BCUT2D eigenvalue weighted by atomic mass is 9.60. The van der Waals surface area contributed by atoms with E-state index in [2.05, 4.69) is 134 Å². The largest absolute Gasteiger partial charge is 0.475 e. The van der Waals surface area contributed by atoms with Gasteiger partial charge in [-0.1, -0.05) is 131 Å². The maximum Gasteiger partial charge on any atom is 0.216 e. The number of benzene rings is 3. The number of fused-ring (bicyclic) bond motifs is 3. The zero-order chi connectivity index (χ0) is 33.1. The van der Waals surface area contributed by atoms with Crippen molar-refractivity contribution in [2.75, 3.05) is 13.2 Å². The van der Waals surface area contributed by atoms with E-state index in [1.54, 1.807) is 0 Å². The highest BCUT2D eigenvalue weighted by Gasteiger charge is 2.67. The summed E-state index contributed by atoms with van der Waals surface area (Å²) in [6.07, 6.45) is 6.02. The molecule has 2 heterocycles. The molecule has 7 rings (SSSR count). The van der Waals surface area contributed by atoms with Gasteiger partial charge in [0.1, 0.15) is 13.2 Å². The second kappa shape index (κ2) is 11.5. The molecule has 0 unspecified atom stereocenters. The van der Waals surface area contributed by atoms with E-state index in [0.717, 1.165) is 35.8 Å². The van der Waals surface area contributed by atoms with Crippen molar-refractivity contribution < 1.29 is 9.47 Å². The van der Waals surface area contributed by atoms with E-state index in [1.807, 2.05) is 6.08 Å². The topological polar surface area (TPSA) is 43.2 Å². The third kappa shape index (κ3) is 5.12. The van der Waals surface area contributed by atoms with Crippen molar-refractivity contribution in [3.05, 3.63) is 142 Å². The molecule has 4 atom stereocenters. The van der Waals surface area contributed by atoms with Gasteiger partial charge in [-0.05, 0) is 77.3 Å². The van der Waals surface area contributed by atoms with Crippen LogP contribution in [0.4, 0.5) is 0 Å². The van der Waals surface area contributed by atoms with Gasteiger partial charge in [-0.2, -0.15) is 0 Å². The quantitative estimate of drug-likeness (QED) is 0.235. The lowest BCUT2D eigenvalue weighted by Gasteiger charge is -2.43. The van der Waals surface area contributed by atoms with Crippen LogP contribution < -0.4 is 0 Å². The van der Waals surface area contributed by atoms with E-state index in [9.17, 15) is 0 Å². The summed E-state index contributed by atoms with van der Waals surface area (Å²) in [5, 5.41) is 0. The van der Waals surface area contributed by atoms with Crippen molar-refractivity contribution in [2.45, 2.75) is 84.2 Å². The fraction of sp³-hybridized carbons (Fsp3) is 0.395. The van der Waals surface area contributed by atoms with E-state index in [0.29, 0.717) is 13.2 Å². The van der Waals surface area contributed by atoms with E-state index >= 15 is 0 Å². The summed E-state index contributed by atoms with van der Waals surface area (Å²) >= 11 is 0. The third-order valence-electron chi connectivity index (χ3n) is 11.2. The summed E-state index contributed by atoms with van der Waals surface area (Å²) in [5.41, 5.74) is 10.6. The average Bonchev–Trinajstić information content (AvgIpc) is 3.77. The molecule has 3 aromatic rings. The summed E-state index contributed by atoms with van der Waals surface area (Å²) < 4.78 is 13.2. The van der Waals surface area contributed by atoms with Crippen molar-refractivity contribution in [3.8, 4) is 0 Å². The van der Waals surface area contributed by atoms with E-state index in [1.165, 1.54) is 39.0 Å². The maximum absolute atomic E-state index is 6.67. The first-order chi connectivity index (χ1) is 22.4. The van der Waals surface area contributed by atoms with Crippen LogP contribution in [0.2, 0.25) is 0 Å². The predicted octanol–water partition coefficient (Wildman–Crippen LogP) is 9.06. The molecule has 4 heteroatoms. The zero-order valence-corrected chi connectivity index (χ0v) is 29.1. The maximum atomic E-state index is 6.67. The van der Waals surface area contributed by atoms with Crippen LogP contribution >= 0.6 is 0 Å². The molecule has 0 amide bonds. The molecule has 0 spiro atoms. The first kappa shape index (κ1) is 31.4. The Hall–Kier alpha value is -4.18. The first-order valence-electron chi connectivity index (χ1n) is 17.2. The SMILES string of the molecule is C=C/C(C)=C\C1=C(C2=N[C@@H](Cc3ccccc3)CO2)[C@@]2(C)c3c(C4=N[C@@H](Cc5ccccc5)CO4)cc(C)cc3C(C)(C)[C@H]2C1(C)C. The van der Waals surface area contributed by atoms with Crippen molar-refractivity contribution in [1.29, 1.82) is 0 Å². The first-order valence-corrected chi connectivity index (χ1v) is 17.2. The number of hydrogen-bond acceptors (Lipinski definition) is 4. The van der Waals surface area contributed by atoms with E-state index < -0.39 is 0 Å². The summed E-state index contributed by atoms with van der Waals surface area (Å²) in [6.45, 7) is 21.8. The molecule has 242 valence electrons. The number of aryl methyl sites for hydroxylation is 1. The predicted molar refractivity (Wildman–Crippen MR) is 194 cm³/mol. The number of nitrogens with zero attached hydrogens (tertiary/aromatic N) is 2. The second-order valence-corrected chi connectivity index (χ2v) is 15.4. The third-order valence-corrected chi connectivity index (χ3v) is 11.2. The molecule has 0 saturated heterocycles. The van der Waals surface area contributed by atoms with Gasteiger partial charge in [0.25, 0.3) is 0 Å². The van der Waals surface area contributed by atoms with Gasteiger partial charge >= 0.3 is 0 Å². The van der Waals surface area contributed by atoms with Crippen LogP contribution in [0.15, 0.2) is 118 Å². The lowest BCUT2D eigenvalue weighted by Crippen LogP contribution is -2.42. The Morgan fingerprint density at radius 3 is 1.94 bits per heavy atom. The lowest BCUT2D eigenvalue weighted by molar-refractivity contribution is 0.149. The van der Waals surface area contributed by atoms with Crippen molar-refractivity contribution in [1.82, 2.24) is 0 Å². The Bertz CT molecular complexity index is 1840. The van der Waals surface area contributed by atoms with Gasteiger partial charge in [0.15, 0.2) is 0 Å². The van der Waals surface area contributed by atoms with Gasteiger partial charge in [0, 0.05) is 16.6 Å². The van der Waals surface area contributed by atoms with Gasteiger partial charge in [-0.15, -0.1) is 0 Å². The average molecular weight is 625 g/mol. The molecule has 0 aromatic heterocycles. The van der Waals surface area contributed by atoms with Crippen LogP contribution in [0.5, 0.6) is 0 Å². The number of aliphatic imine (C=N–C) groups is 2. The molecule has 0 N–H and O–H groups in total. The molecule has 47 heavy (non-hydrogen) atoms. The summed E-state index contributed by atoms with van der Waals surface area (Å²) in [4.78, 5) is 10.6. The highest BCUT2D eigenvalue weighted by atomic mass is 16.5. The minimum Gasteiger partial charge on any atom is -0.475 e. The molecule has 0 fully saturated rings. The number of hydrogen-bond donors (Lipinski definition) is 0. The summed E-state index contributed by atoms with van der Waals surface area (Å²) in [7, 11) is 0. The molecular weight excluding hydrogens is 576 g/mol. The second-order valence-electron chi connectivity index (χ2n) is 15.4. The summed E-state index contributed by atoms with van der Waals surface area (Å²) in [5.74, 6) is 1.81. The van der Waals surface area contributed by atoms with E-state index in [4.69, 9.17) is 19.5 Å². The Morgan fingerprint density at radius 1 is 0.809 bits per heavy atom. The van der Waals surface area contributed by atoms with Gasteiger partial charge in [0.05, 0.1) is 12.1 Å². The van der Waals surface area contributed by atoms with Gasteiger partial charge in [-0.25, -0.2) is 9.98 Å². The summed E-state index contributed by atoms with van der Waals surface area (Å²) in [6, 6.07) is 26.1. The molecule has 0 bridgehead atoms. The molecule has 4 aliphatic rings. The molecule has 0 radical (unpaired) electrons. The molecule has 3 aromatic carbocycles. The normalized spacial score (nSPS) is 27.1. The smallest absolute Gasteiger partial charge is 0.216 e. The Kier molecular flexibility index (Phi) is 7.69. The molecule has 2 aliphatic heterocycles.